The van der Waals surface area contributed by atoms with E-state index in [1.165, 1.54) is 6.92 Å². The van der Waals surface area contributed by atoms with Gasteiger partial charge in [0.2, 0.25) is 5.91 Å². The van der Waals surface area contributed by atoms with Crippen molar-refractivity contribution in [1.29, 1.82) is 0 Å². The molecule has 0 saturated heterocycles. The molecule has 1 aliphatic heterocycles. The Kier molecular flexibility index (Phi) is 6.77. The van der Waals surface area contributed by atoms with Crippen molar-refractivity contribution >= 4 is 46.1 Å². The lowest BCUT2D eigenvalue weighted by atomic mass is 9.99. The van der Waals surface area contributed by atoms with E-state index in [1.807, 2.05) is 60.7 Å². The van der Waals surface area contributed by atoms with Gasteiger partial charge in [-0.25, -0.2) is 0 Å². The molecule has 0 aliphatic carbocycles. The smallest absolute Gasteiger partial charge is 0.258 e. The molecule has 0 radical (unpaired) electrons. The first-order valence-corrected chi connectivity index (χ1v) is 11.1. The number of nitrogens with one attached hydrogen (secondary N) is 3. The number of carbonyl (C=O) groups excluding carboxylic acids is 2. The fraction of sp³-hybridized carbons (Fsp3) is 0.154. The van der Waals surface area contributed by atoms with Crippen LogP contribution < -0.4 is 21.7 Å². The summed E-state index contributed by atoms with van der Waals surface area (Å²) in [4.78, 5) is 24.0. The predicted molar refractivity (Wildman–Crippen MR) is 134 cm³/mol. The Balaban J connectivity index is 1.64. The number of nitrogens with two attached hydrogens (primary N) is 1. The van der Waals surface area contributed by atoms with Crippen LogP contribution in [0.3, 0.4) is 0 Å². The molecule has 4 rings (SSSR count). The quantitative estimate of drug-likeness (QED) is 0.381. The third kappa shape index (κ3) is 5.25. The number of amides is 2. The molecule has 1 atom stereocenters. The average Bonchev–Trinajstić information content (AvgIpc) is 3.12. The monoisotopic (exact) mass is 460 g/mol. The third-order valence-electron chi connectivity index (χ3n) is 5.48. The number of carbonyl (C=O) groups is 2. The normalized spacial score (nSPS) is 14.8. The first-order valence-electron chi connectivity index (χ1n) is 10.7. The molecular weight excluding hydrogens is 436 g/mol. The van der Waals surface area contributed by atoms with Crippen LogP contribution in [-0.2, 0) is 9.59 Å². The van der Waals surface area contributed by atoms with E-state index in [1.54, 1.807) is 12.1 Å². The minimum Gasteiger partial charge on any atom is -0.356 e. The number of halogens is 1. The van der Waals surface area contributed by atoms with Crippen molar-refractivity contribution in [1.82, 2.24) is 5.32 Å². The van der Waals surface area contributed by atoms with E-state index >= 15 is 0 Å². The molecule has 1 aliphatic rings. The van der Waals surface area contributed by atoms with E-state index in [0.717, 1.165) is 22.4 Å². The third-order valence-corrected chi connectivity index (χ3v) is 5.71. The first-order chi connectivity index (χ1) is 15.9. The van der Waals surface area contributed by atoms with Gasteiger partial charge in [0.25, 0.3) is 5.91 Å². The average molecular weight is 461 g/mol. The van der Waals surface area contributed by atoms with Gasteiger partial charge < -0.3 is 21.7 Å². The summed E-state index contributed by atoms with van der Waals surface area (Å²) in [5.41, 5.74) is 11.7. The van der Waals surface area contributed by atoms with Crippen LogP contribution >= 0.6 is 11.6 Å². The number of anilines is 2. The zero-order valence-corrected chi connectivity index (χ0v) is 18.9. The molecular formula is C26H25ClN4O2. The largest absolute Gasteiger partial charge is 0.356 e. The molecule has 33 heavy (non-hydrogen) atoms. The minimum absolute atomic E-state index is 0.0666. The molecule has 0 fully saturated rings. The highest BCUT2D eigenvalue weighted by Crippen LogP contribution is 2.38. The zero-order chi connectivity index (χ0) is 23.4. The van der Waals surface area contributed by atoms with E-state index in [4.69, 9.17) is 17.3 Å². The molecule has 0 bridgehead atoms. The van der Waals surface area contributed by atoms with Crippen LogP contribution in [0.15, 0.2) is 72.8 Å². The second-order valence-electron chi connectivity index (χ2n) is 7.89. The van der Waals surface area contributed by atoms with Crippen LogP contribution in [0.25, 0.3) is 11.3 Å². The van der Waals surface area contributed by atoms with Gasteiger partial charge in [0.1, 0.15) is 0 Å². The maximum absolute atomic E-state index is 12.9. The van der Waals surface area contributed by atoms with Crippen LogP contribution in [0, 0.1) is 0 Å². The Bertz CT molecular complexity index is 1210. The number of hydrogen-bond donors (Lipinski definition) is 4. The molecule has 0 saturated carbocycles. The number of fused-ring (bicyclic) bond motifs is 1. The summed E-state index contributed by atoms with van der Waals surface area (Å²) >= 11 is 6.12. The van der Waals surface area contributed by atoms with Gasteiger partial charge in [-0.3, -0.25) is 9.59 Å². The van der Waals surface area contributed by atoms with Gasteiger partial charge >= 0.3 is 0 Å². The van der Waals surface area contributed by atoms with Crippen molar-refractivity contribution in [3.63, 3.8) is 0 Å². The van der Waals surface area contributed by atoms with Crippen molar-refractivity contribution in [3.8, 4) is 0 Å². The molecule has 168 valence electrons. The molecule has 3 aromatic carbocycles. The highest BCUT2D eigenvalue weighted by molar-refractivity contribution is 6.38. The van der Waals surface area contributed by atoms with Crippen LogP contribution in [0.1, 0.15) is 36.1 Å². The highest BCUT2D eigenvalue weighted by atomic mass is 35.5. The maximum atomic E-state index is 12.9. The van der Waals surface area contributed by atoms with Gasteiger partial charge in [-0.2, -0.15) is 0 Å². The van der Waals surface area contributed by atoms with Crippen molar-refractivity contribution in [2.75, 3.05) is 17.2 Å². The van der Waals surface area contributed by atoms with Gasteiger partial charge in [-0.05, 0) is 41.8 Å². The van der Waals surface area contributed by atoms with Crippen molar-refractivity contribution in [2.45, 2.75) is 19.4 Å². The molecule has 0 spiro atoms. The Morgan fingerprint density at radius 1 is 1.06 bits per heavy atom. The topological polar surface area (TPSA) is 96.2 Å². The summed E-state index contributed by atoms with van der Waals surface area (Å²) in [5, 5.41) is 9.67. The van der Waals surface area contributed by atoms with Gasteiger partial charge in [0.05, 0.1) is 17.0 Å². The van der Waals surface area contributed by atoms with Crippen molar-refractivity contribution < 1.29 is 9.59 Å². The second-order valence-corrected chi connectivity index (χ2v) is 8.32. The molecule has 6 nitrogen and oxygen atoms in total. The Labute approximate surface area is 197 Å². The Morgan fingerprint density at radius 2 is 1.79 bits per heavy atom. The Morgan fingerprint density at radius 3 is 2.48 bits per heavy atom. The summed E-state index contributed by atoms with van der Waals surface area (Å²) < 4.78 is 0. The lowest BCUT2D eigenvalue weighted by molar-refractivity contribution is -0.119. The van der Waals surface area contributed by atoms with E-state index in [9.17, 15) is 9.59 Å². The summed E-state index contributed by atoms with van der Waals surface area (Å²) in [6.45, 7) is 2.02. The van der Waals surface area contributed by atoms with Crippen LogP contribution in [0.4, 0.5) is 11.4 Å². The molecule has 3 aromatic rings. The number of hydrogen-bond acceptors (Lipinski definition) is 4. The fourth-order valence-electron chi connectivity index (χ4n) is 3.81. The molecule has 0 aromatic heterocycles. The van der Waals surface area contributed by atoms with Gasteiger partial charge in [-0.15, -0.1) is 0 Å². The predicted octanol–water partition coefficient (Wildman–Crippen LogP) is 4.80. The van der Waals surface area contributed by atoms with Crippen molar-refractivity contribution in [3.05, 3.63) is 94.5 Å². The fourth-order valence-corrected chi connectivity index (χ4v) is 3.98. The molecule has 1 unspecified atom stereocenters. The standard InChI is InChI=1S/C26H25ClN4O2/c1-16(32)29-14-13-22(28)17-7-10-20(11-8-17)30-25(18-5-3-2-4-6-18)24-21-12-9-19(27)15-23(21)31-26(24)33/h2-12,15,22,30H,13-14,28H2,1H3,(H,29,32)(H,31,33). The molecule has 7 heteroatoms. The summed E-state index contributed by atoms with van der Waals surface area (Å²) in [5.74, 6) is -0.252. The lowest BCUT2D eigenvalue weighted by Gasteiger charge is -2.16. The van der Waals surface area contributed by atoms with Crippen LogP contribution in [-0.4, -0.2) is 18.4 Å². The van der Waals surface area contributed by atoms with Gasteiger partial charge in [-0.1, -0.05) is 60.1 Å². The van der Waals surface area contributed by atoms with Crippen LogP contribution in [0.2, 0.25) is 5.02 Å². The number of rotatable bonds is 7. The Hall–Kier alpha value is -3.61. The first kappa shape index (κ1) is 22.6. The molecule has 5 N–H and O–H groups in total. The molecule has 1 heterocycles. The van der Waals surface area contributed by atoms with Crippen LogP contribution in [0.5, 0.6) is 0 Å². The van der Waals surface area contributed by atoms with E-state index in [0.29, 0.717) is 34.9 Å². The zero-order valence-electron chi connectivity index (χ0n) is 18.2. The van der Waals surface area contributed by atoms with E-state index in [-0.39, 0.29) is 17.9 Å². The number of benzene rings is 3. The highest BCUT2D eigenvalue weighted by Gasteiger charge is 2.28. The summed E-state index contributed by atoms with van der Waals surface area (Å²) in [7, 11) is 0. The van der Waals surface area contributed by atoms with Gasteiger partial charge in [0, 0.05) is 35.8 Å². The van der Waals surface area contributed by atoms with E-state index in [2.05, 4.69) is 16.0 Å². The van der Waals surface area contributed by atoms with Crippen molar-refractivity contribution in [2.24, 2.45) is 5.73 Å². The lowest BCUT2D eigenvalue weighted by Crippen LogP contribution is -2.24. The van der Waals surface area contributed by atoms with Gasteiger partial charge in [0.15, 0.2) is 0 Å². The molecule has 2 amide bonds. The maximum Gasteiger partial charge on any atom is 0.258 e. The summed E-state index contributed by atoms with van der Waals surface area (Å²) in [6.07, 6.45) is 0.644. The second kappa shape index (κ2) is 9.90. The minimum atomic E-state index is -0.185. The van der Waals surface area contributed by atoms with E-state index < -0.39 is 0 Å². The SMILES string of the molecule is CC(=O)NCCC(N)c1ccc(NC(=C2C(=O)Nc3cc(Cl)ccc32)c2ccccc2)cc1. The summed E-state index contributed by atoms with van der Waals surface area (Å²) in [6, 6.07) is 22.7.